The molecular formula is C29H33BrN2O4S. The predicted molar refractivity (Wildman–Crippen MR) is 151 cm³/mol. The Morgan fingerprint density at radius 1 is 0.946 bits per heavy atom. The number of aryl methyl sites for hydroxylation is 1. The highest BCUT2D eigenvalue weighted by atomic mass is 79.9. The number of piperazine rings is 1. The summed E-state index contributed by atoms with van der Waals surface area (Å²) in [6, 6.07) is 20.3. The van der Waals surface area contributed by atoms with E-state index in [1.807, 2.05) is 48.5 Å². The van der Waals surface area contributed by atoms with Gasteiger partial charge in [0.15, 0.2) is 9.84 Å². The molecule has 6 nitrogen and oxygen atoms in total. The van der Waals surface area contributed by atoms with Crippen LogP contribution in [-0.4, -0.2) is 52.5 Å². The summed E-state index contributed by atoms with van der Waals surface area (Å²) in [5, 5.41) is 0. The fourth-order valence-corrected chi connectivity index (χ4v) is 6.35. The molecule has 1 heterocycles. The van der Waals surface area contributed by atoms with Crippen LogP contribution in [0.1, 0.15) is 41.3 Å². The van der Waals surface area contributed by atoms with E-state index in [9.17, 15) is 13.2 Å². The number of para-hydroxylation sites is 2. The molecule has 8 heteroatoms. The molecule has 4 rings (SSSR count). The van der Waals surface area contributed by atoms with Gasteiger partial charge in [-0.1, -0.05) is 49.7 Å². The van der Waals surface area contributed by atoms with Gasteiger partial charge in [0.2, 0.25) is 0 Å². The molecule has 37 heavy (non-hydrogen) atoms. The van der Waals surface area contributed by atoms with Gasteiger partial charge in [0.05, 0.1) is 29.0 Å². The molecule has 0 unspecified atom stereocenters. The first-order chi connectivity index (χ1) is 17.8. The monoisotopic (exact) mass is 584 g/mol. The Balaban J connectivity index is 1.46. The molecule has 0 spiro atoms. The summed E-state index contributed by atoms with van der Waals surface area (Å²) in [5.41, 5.74) is 3.32. The summed E-state index contributed by atoms with van der Waals surface area (Å²) in [4.78, 5) is 17.5. The van der Waals surface area contributed by atoms with Gasteiger partial charge in [-0.3, -0.25) is 4.79 Å². The first-order valence-electron chi connectivity index (χ1n) is 12.6. The lowest BCUT2D eigenvalue weighted by Gasteiger charge is -2.36. The number of rotatable bonds is 9. The zero-order chi connectivity index (χ0) is 26.4. The van der Waals surface area contributed by atoms with E-state index in [0.29, 0.717) is 36.2 Å². The molecule has 0 N–H and O–H groups in total. The Morgan fingerprint density at radius 2 is 1.62 bits per heavy atom. The fraction of sp³-hybridized carbons (Fsp3) is 0.345. The molecule has 1 fully saturated rings. The molecule has 0 saturated carbocycles. The van der Waals surface area contributed by atoms with Crippen molar-refractivity contribution >= 4 is 37.4 Å². The van der Waals surface area contributed by atoms with Crippen molar-refractivity contribution in [3.63, 3.8) is 0 Å². The highest BCUT2D eigenvalue weighted by molar-refractivity contribution is 9.10. The largest absolute Gasteiger partial charge is 0.495 e. The Labute approximate surface area is 228 Å². The Kier molecular flexibility index (Phi) is 8.92. The van der Waals surface area contributed by atoms with E-state index < -0.39 is 9.84 Å². The topological polar surface area (TPSA) is 66.9 Å². The van der Waals surface area contributed by atoms with Gasteiger partial charge in [-0.05, 0) is 70.2 Å². The summed E-state index contributed by atoms with van der Waals surface area (Å²) >= 11 is 3.46. The quantitative estimate of drug-likeness (QED) is 0.321. The lowest BCUT2D eigenvalue weighted by Crippen LogP contribution is -2.49. The van der Waals surface area contributed by atoms with E-state index in [1.54, 1.807) is 24.1 Å². The number of carbonyl (C=O) groups excluding carboxylic acids is 1. The number of hydrogen-bond acceptors (Lipinski definition) is 5. The summed E-state index contributed by atoms with van der Waals surface area (Å²) < 4.78 is 32.5. The van der Waals surface area contributed by atoms with Crippen molar-refractivity contribution in [1.82, 2.24) is 4.90 Å². The van der Waals surface area contributed by atoms with Gasteiger partial charge in [0, 0.05) is 30.7 Å². The molecule has 0 atom stereocenters. The third kappa shape index (κ3) is 6.54. The van der Waals surface area contributed by atoms with E-state index >= 15 is 0 Å². The normalized spacial score (nSPS) is 14.0. The molecule has 3 aromatic rings. The standard InChI is InChI=1S/C29H33BrN2O4S/c1-3-4-7-22-10-12-23(13-11-22)21-37(34,35)24-14-15-26(30)25(20-24)29(33)32-18-16-31(17-19-32)27-8-5-6-9-28(27)36-2/h5-6,8-15,20H,3-4,7,16-19,21H2,1-2H3. The van der Waals surface area contributed by atoms with Crippen LogP contribution in [0.25, 0.3) is 0 Å². The average Bonchev–Trinajstić information content (AvgIpc) is 2.92. The van der Waals surface area contributed by atoms with E-state index in [0.717, 1.165) is 36.3 Å². The van der Waals surface area contributed by atoms with Crippen molar-refractivity contribution in [2.45, 2.75) is 36.8 Å². The predicted octanol–water partition coefficient (Wildman–Crippen LogP) is 5.74. The minimum atomic E-state index is -3.61. The summed E-state index contributed by atoms with van der Waals surface area (Å²) in [5.74, 6) is 0.524. The first-order valence-corrected chi connectivity index (χ1v) is 15.0. The number of anilines is 1. The number of hydrogen-bond donors (Lipinski definition) is 0. The van der Waals surface area contributed by atoms with Crippen molar-refractivity contribution in [2.75, 3.05) is 38.2 Å². The van der Waals surface area contributed by atoms with Crippen LogP contribution in [0.2, 0.25) is 0 Å². The highest BCUT2D eigenvalue weighted by Crippen LogP contribution is 2.30. The van der Waals surface area contributed by atoms with E-state index in [1.165, 1.54) is 11.6 Å². The molecule has 1 aliphatic heterocycles. The second-order valence-corrected chi connectivity index (χ2v) is 12.1. The number of amides is 1. The van der Waals surface area contributed by atoms with Crippen LogP contribution in [0.5, 0.6) is 5.75 Å². The number of sulfone groups is 1. The Bertz CT molecular complexity index is 1330. The maximum Gasteiger partial charge on any atom is 0.255 e. The van der Waals surface area contributed by atoms with Crippen LogP contribution in [0.3, 0.4) is 0 Å². The van der Waals surface area contributed by atoms with E-state index in [4.69, 9.17) is 4.74 Å². The molecule has 3 aromatic carbocycles. The maximum absolute atomic E-state index is 13.4. The number of nitrogens with zero attached hydrogens (tertiary/aromatic N) is 2. The van der Waals surface area contributed by atoms with Gasteiger partial charge < -0.3 is 14.5 Å². The maximum atomic E-state index is 13.4. The minimum absolute atomic E-state index is 0.103. The molecular weight excluding hydrogens is 552 g/mol. The van der Waals surface area contributed by atoms with Crippen LogP contribution in [-0.2, 0) is 22.0 Å². The fourth-order valence-electron chi connectivity index (χ4n) is 4.56. The zero-order valence-electron chi connectivity index (χ0n) is 21.3. The van der Waals surface area contributed by atoms with Crippen molar-refractivity contribution in [3.8, 4) is 5.75 Å². The van der Waals surface area contributed by atoms with Crippen molar-refractivity contribution < 1.29 is 17.9 Å². The van der Waals surface area contributed by atoms with E-state index in [2.05, 4.69) is 27.8 Å². The van der Waals surface area contributed by atoms with Crippen molar-refractivity contribution in [3.05, 3.63) is 87.9 Å². The second-order valence-electron chi connectivity index (χ2n) is 9.27. The molecule has 0 radical (unpaired) electrons. The van der Waals surface area contributed by atoms with Crippen LogP contribution in [0.15, 0.2) is 76.1 Å². The lowest BCUT2D eigenvalue weighted by molar-refractivity contribution is 0.0745. The van der Waals surface area contributed by atoms with E-state index in [-0.39, 0.29) is 16.6 Å². The van der Waals surface area contributed by atoms with Crippen molar-refractivity contribution in [1.29, 1.82) is 0 Å². The van der Waals surface area contributed by atoms with Gasteiger partial charge in [-0.15, -0.1) is 0 Å². The first kappa shape index (κ1) is 27.2. The van der Waals surface area contributed by atoms with Crippen molar-refractivity contribution in [2.24, 2.45) is 0 Å². The SMILES string of the molecule is CCCCc1ccc(CS(=O)(=O)c2ccc(Br)c(C(=O)N3CCN(c4ccccc4OC)CC3)c2)cc1. The van der Waals surface area contributed by atoms with Crippen LogP contribution >= 0.6 is 15.9 Å². The number of halogens is 1. The number of benzene rings is 3. The number of unbranched alkanes of at least 4 members (excludes halogenated alkanes) is 1. The van der Waals surface area contributed by atoms with Gasteiger partial charge in [-0.25, -0.2) is 8.42 Å². The highest BCUT2D eigenvalue weighted by Gasteiger charge is 2.26. The smallest absolute Gasteiger partial charge is 0.255 e. The lowest BCUT2D eigenvalue weighted by atomic mass is 10.1. The molecule has 1 aliphatic rings. The number of ether oxygens (including phenoxy) is 1. The molecule has 1 saturated heterocycles. The zero-order valence-corrected chi connectivity index (χ0v) is 23.7. The summed E-state index contributed by atoms with van der Waals surface area (Å²) in [6.07, 6.45) is 3.23. The van der Waals surface area contributed by atoms with Gasteiger partial charge in [0.1, 0.15) is 5.75 Å². The van der Waals surface area contributed by atoms with Crippen LogP contribution < -0.4 is 9.64 Å². The minimum Gasteiger partial charge on any atom is -0.495 e. The average molecular weight is 586 g/mol. The van der Waals surface area contributed by atoms with Gasteiger partial charge in [0.25, 0.3) is 5.91 Å². The third-order valence-corrected chi connectivity index (χ3v) is 9.10. The summed E-state index contributed by atoms with van der Waals surface area (Å²) in [7, 11) is -1.96. The molecule has 0 aromatic heterocycles. The summed E-state index contributed by atoms with van der Waals surface area (Å²) in [6.45, 7) is 4.54. The Morgan fingerprint density at radius 3 is 2.30 bits per heavy atom. The Hall–Kier alpha value is -2.84. The molecule has 1 amide bonds. The van der Waals surface area contributed by atoms with Crippen LogP contribution in [0.4, 0.5) is 5.69 Å². The van der Waals surface area contributed by atoms with Crippen LogP contribution in [0, 0.1) is 0 Å². The third-order valence-electron chi connectivity index (χ3n) is 6.72. The number of carbonyl (C=O) groups is 1. The molecule has 0 bridgehead atoms. The van der Waals surface area contributed by atoms with Gasteiger partial charge in [-0.2, -0.15) is 0 Å². The second kappa shape index (κ2) is 12.1. The number of methoxy groups -OCH3 is 1. The van der Waals surface area contributed by atoms with Gasteiger partial charge >= 0.3 is 0 Å². The molecule has 196 valence electrons. The molecule has 0 aliphatic carbocycles.